The molecule has 0 saturated heterocycles. The molecule has 0 aliphatic heterocycles. The summed E-state index contributed by atoms with van der Waals surface area (Å²) in [7, 11) is 0. The number of rotatable bonds is 9. The van der Waals surface area contributed by atoms with E-state index in [1.807, 2.05) is 6.92 Å². The number of hydrogen-bond acceptors (Lipinski definition) is 1. The van der Waals surface area contributed by atoms with Crippen LogP contribution in [0.1, 0.15) is 72.1 Å². The normalized spacial score (nSPS) is 14.8. The van der Waals surface area contributed by atoms with Crippen molar-refractivity contribution in [3.63, 3.8) is 0 Å². The first-order valence-corrected chi connectivity index (χ1v) is 7.76. The lowest BCUT2D eigenvalue weighted by Gasteiger charge is -2.13. The molecular formula is C14H27IO. The maximum Gasteiger partial charge on any atom is 0.0732 e. The van der Waals surface area contributed by atoms with Crippen molar-refractivity contribution < 1.29 is 5.11 Å². The van der Waals surface area contributed by atoms with E-state index in [-0.39, 0.29) is 6.10 Å². The Bertz CT molecular complexity index is 197. The van der Waals surface area contributed by atoms with Crippen molar-refractivity contribution in [3.8, 4) is 0 Å². The van der Waals surface area contributed by atoms with Gasteiger partial charge in [0.15, 0.2) is 0 Å². The van der Waals surface area contributed by atoms with Gasteiger partial charge in [-0.25, -0.2) is 0 Å². The average Bonchev–Trinajstić information content (AvgIpc) is 2.24. The lowest BCUT2D eigenvalue weighted by atomic mass is 10.0. The molecular weight excluding hydrogens is 311 g/mol. The monoisotopic (exact) mass is 338 g/mol. The minimum Gasteiger partial charge on any atom is -0.389 e. The highest BCUT2D eigenvalue weighted by Crippen LogP contribution is 2.26. The summed E-state index contributed by atoms with van der Waals surface area (Å²) in [5, 5.41) is 9.75. The van der Waals surface area contributed by atoms with Gasteiger partial charge in [0.05, 0.1) is 6.10 Å². The van der Waals surface area contributed by atoms with Gasteiger partial charge in [-0.2, -0.15) is 0 Å². The zero-order valence-electron chi connectivity index (χ0n) is 11.1. The van der Waals surface area contributed by atoms with Gasteiger partial charge in [0.2, 0.25) is 0 Å². The first kappa shape index (κ1) is 16.4. The Hall–Kier alpha value is 0.430. The van der Waals surface area contributed by atoms with Crippen LogP contribution in [0.4, 0.5) is 0 Å². The summed E-state index contributed by atoms with van der Waals surface area (Å²) in [6, 6.07) is 0. The quantitative estimate of drug-likeness (QED) is 0.452. The summed E-state index contributed by atoms with van der Waals surface area (Å²) in [6.07, 6.45) is 9.59. The summed E-state index contributed by atoms with van der Waals surface area (Å²) in [5.41, 5.74) is 1.28. The van der Waals surface area contributed by atoms with Crippen LogP contribution in [0.25, 0.3) is 0 Å². The summed E-state index contributed by atoms with van der Waals surface area (Å²) in [4.78, 5) is 0. The lowest BCUT2D eigenvalue weighted by molar-refractivity contribution is 0.225. The standard InChI is InChI=1S/C14H27IO/c1-4-6-8-9-11-14(15)13(12(3)16)10-7-5-2/h12,16H,4-11H2,1-3H3/b14-13-/t12-/m0/s1. The lowest BCUT2D eigenvalue weighted by Crippen LogP contribution is -2.06. The Morgan fingerprint density at radius 3 is 2.12 bits per heavy atom. The SMILES string of the molecule is CCCCCC/C(I)=C(\CCCC)[C@H](C)O. The number of hydrogen-bond donors (Lipinski definition) is 1. The first-order chi connectivity index (χ1) is 7.63. The Kier molecular flexibility index (Phi) is 10.9. The van der Waals surface area contributed by atoms with Crippen LogP contribution in [0.3, 0.4) is 0 Å². The van der Waals surface area contributed by atoms with E-state index in [2.05, 4.69) is 36.4 Å². The molecule has 1 nitrogen and oxygen atoms in total. The molecule has 0 amide bonds. The van der Waals surface area contributed by atoms with E-state index < -0.39 is 0 Å². The fraction of sp³-hybridized carbons (Fsp3) is 0.857. The van der Waals surface area contributed by atoms with Crippen LogP contribution in [0.2, 0.25) is 0 Å². The minimum atomic E-state index is -0.260. The highest BCUT2D eigenvalue weighted by atomic mass is 127. The van der Waals surface area contributed by atoms with Gasteiger partial charge in [-0.1, -0.05) is 39.5 Å². The highest BCUT2D eigenvalue weighted by molar-refractivity contribution is 14.1. The molecule has 0 unspecified atom stereocenters. The minimum absolute atomic E-state index is 0.260. The molecule has 16 heavy (non-hydrogen) atoms. The molecule has 2 heteroatoms. The van der Waals surface area contributed by atoms with E-state index >= 15 is 0 Å². The Morgan fingerprint density at radius 2 is 1.62 bits per heavy atom. The van der Waals surface area contributed by atoms with Gasteiger partial charge in [0, 0.05) is 0 Å². The van der Waals surface area contributed by atoms with Gasteiger partial charge in [0.1, 0.15) is 0 Å². The Morgan fingerprint density at radius 1 is 1.00 bits per heavy atom. The summed E-state index contributed by atoms with van der Waals surface area (Å²) in [5.74, 6) is 0. The van der Waals surface area contributed by atoms with Crippen LogP contribution >= 0.6 is 22.6 Å². The molecule has 0 heterocycles. The van der Waals surface area contributed by atoms with Crippen LogP contribution in [-0.2, 0) is 0 Å². The van der Waals surface area contributed by atoms with E-state index in [0.717, 1.165) is 12.8 Å². The van der Waals surface area contributed by atoms with E-state index in [1.54, 1.807) is 0 Å². The zero-order chi connectivity index (χ0) is 12.4. The summed E-state index contributed by atoms with van der Waals surface area (Å²) >= 11 is 2.43. The molecule has 0 aromatic rings. The van der Waals surface area contributed by atoms with Crippen LogP contribution in [0.15, 0.2) is 9.15 Å². The number of allylic oxidation sites excluding steroid dienone is 1. The molecule has 1 N–H and O–H groups in total. The van der Waals surface area contributed by atoms with Gasteiger partial charge in [-0.3, -0.25) is 0 Å². The summed E-state index contributed by atoms with van der Waals surface area (Å²) < 4.78 is 1.40. The number of unbranched alkanes of at least 4 members (excludes halogenated alkanes) is 4. The van der Waals surface area contributed by atoms with Gasteiger partial charge in [-0.05, 0) is 64.4 Å². The van der Waals surface area contributed by atoms with Crippen LogP contribution in [0, 0.1) is 0 Å². The van der Waals surface area contributed by atoms with Gasteiger partial charge in [0.25, 0.3) is 0 Å². The van der Waals surface area contributed by atoms with E-state index in [9.17, 15) is 5.11 Å². The van der Waals surface area contributed by atoms with Crippen LogP contribution in [0.5, 0.6) is 0 Å². The third-order valence-corrected chi connectivity index (χ3v) is 4.13. The summed E-state index contributed by atoms with van der Waals surface area (Å²) in [6.45, 7) is 6.34. The molecule has 0 spiro atoms. The fourth-order valence-corrected chi connectivity index (χ4v) is 2.91. The molecule has 0 aromatic carbocycles. The first-order valence-electron chi connectivity index (χ1n) is 6.68. The number of aliphatic hydroxyl groups is 1. The maximum absolute atomic E-state index is 9.75. The van der Waals surface area contributed by atoms with Crippen molar-refractivity contribution >= 4 is 22.6 Å². The third kappa shape index (κ3) is 7.66. The third-order valence-electron chi connectivity index (χ3n) is 2.90. The number of aliphatic hydroxyl groups excluding tert-OH is 1. The average molecular weight is 338 g/mol. The van der Waals surface area contributed by atoms with Crippen molar-refractivity contribution in [2.75, 3.05) is 0 Å². The maximum atomic E-state index is 9.75. The smallest absolute Gasteiger partial charge is 0.0732 e. The Labute approximate surface area is 115 Å². The van der Waals surface area contributed by atoms with Gasteiger partial charge < -0.3 is 5.11 Å². The van der Waals surface area contributed by atoms with E-state index in [0.29, 0.717) is 0 Å². The molecule has 0 fully saturated rings. The largest absolute Gasteiger partial charge is 0.389 e. The van der Waals surface area contributed by atoms with Crippen molar-refractivity contribution in [1.82, 2.24) is 0 Å². The molecule has 96 valence electrons. The molecule has 0 bridgehead atoms. The molecule has 0 aliphatic carbocycles. The van der Waals surface area contributed by atoms with Crippen molar-refractivity contribution in [2.45, 2.75) is 78.2 Å². The fourth-order valence-electron chi connectivity index (χ4n) is 1.81. The van der Waals surface area contributed by atoms with Gasteiger partial charge in [-0.15, -0.1) is 0 Å². The van der Waals surface area contributed by atoms with Crippen LogP contribution in [-0.4, -0.2) is 11.2 Å². The second kappa shape index (κ2) is 10.6. The van der Waals surface area contributed by atoms with E-state index in [4.69, 9.17) is 0 Å². The molecule has 0 aromatic heterocycles. The van der Waals surface area contributed by atoms with Crippen molar-refractivity contribution in [3.05, 3.63) is 9.15 Å². The topological polar surface area (TPSA) is 20.2 Å². The van der Waals surface area contributed by atoms with Gasteiger partial charge >= 0.3 is 0 Å². The molecule has 0 saturated carbocycles. The number of halogens is 1. The highest BCUT2D eigenvalue weighted by Gasteiger charge is 2.09. The predicted octanol–water partition coefficient (Wildman–Crippen LogP) is 5.22. The molecule has 0 radical (unpaired) electrons. The predicted molar refractivity (Wildman–Crippen MR) is 81.0 cm³/mol. The van der Waals surface area contributed by atoms with Crippen molar-refractivity contribution in [1.29, 1.82) is 0 Å². The molecule has 1 atom stereocenters. The van der Waals surface area contributed by atoms with Crippen molar-refractivity contribution in [2.24, 2.45) is 0 Å². The second-order valence-electron chi connectivity index (χ2n) is 4.52. The second-order valence-corrected chi connectivity index (χ2v) is 5.82. The van der Waals surface area contributed by atoms with Crippen LogP contribution < -0.4 is 0 Å². The van der Waals surface area contributed by atoms with E-state index in [1.165, 1.54) is 47.7 Å². The zero-order valence-corrected chi connectivity index (χ0v) is 13.2. The molecule has 0 aliphatic rings. The Balaban J connectivity index is 4.11. The molecule has 0 rings (SSSR count).